The molecule has 1 amide bonds. The number of hydrogen-bond donors (Lipinski definition) is 4. The maximum Gasteiger partial charge on any atom is 0.260 e. The zero-order chi connectivity index (χ0) is 22.0. The third-order valence-electron chi connectivity index (χ3n) is 5.34. The van der Waals surface area contributed by atoms with E-state index in [1.165, 1.54) is 17.5 Å². The van der Waals surface area contributed by atoms with Crippen molar-refractivity contribution < 1.29 is 9.90 Å². The summed E-state index contributed by atoms with van der Waals surface area (Å²) in [4.78, 5) is 22.8. The molecule has 0 saturated carbocycles. The zero-order valence-electron chi connectivity index (χ0n) is 16.9. The minimum atomic E-state index is -0.532. The van der Waals surface area contributed by atoms with Crippen LogP contribution in [0.4, 0.5) is 23.1 Å². The van der Waals surface area contributed by atoms with Crippen molar-refractivity contribution in [1.29, 1.82) is 0 Å². The quantitative estimate of drug-likeness (QED) is 0.407. The van der Waals surface area contributed by atoms with Crippen LogP contribution in [0.2, 0.25) is 5.02 Å². The summed E-state index contributed by atoms with van der Waals surface area (Å²) in [5, 5.41) is 18.6. The van der Waals surface area contributed by atoms with Gasteiger partial charge in [0.2, 0.25) is 5.95 Å². The van der Waals surface area contributed by atoms with E-state index in [4.69, 9.17) is 17.3 Å². The van der Waals surface area contributed by atoms with Gasteiger partial charge >= 0.3 is 0 Å². The normalized spacial score (nSPS) is 15.0. The molecule has 10 heteroatoms. The lowest BCUT2D eigenvalue weighted by Crippen LogP contribution is -2.29. The number of benzene rings is 1. The summed E-state index contributed by atoms with van der Waals surface area (Å²) in [7, 11) is 2.13. The minimum Gasteiger partial charge on any atom is -0.506 e. The molecule has 0 spiro atoms. The van der Waals surface area contributed by atoms with E-state index in [9.17, 15) is 9.90 Å². The van der Waals surface area contributed by atoms with Crippen molar-refractivity contribution in [3.8, 4) is 5.75 Å². The summed E-state index contributed by atoms with van der Waals surface area (Å²) >= 11 is 7.45. The number of amides is 1. The molecule has 1 aromatic carbocycles. The number of carbonyl (C=O) groups excluding carboxylic acids is 1. The molecule has 31 heavy (non-hydrogen) atoms. The Hall–Kier alpha value is -2.88. The Bertz CT molecular complexity index is 1100. The number of nitrogens with one attached hydrogen (secondary N) is 2. The van der Waals surface area contributed by atoms with E-state index < -0.39 is 5.91 Å². The highest BCUT2D eigenvalue weighted by Gasteiger charge is 2.19. The number of nitrogens with zero attached hydrogens (tertiary/aromatic N) is 3. The van der Waals surface area contributed by atoms with Gasteiger partial charge < -0.3 is 26.4 Å². The number of rotatable bonds is 6. The largest absolute Gasteiger partial charge is 0.506 e. The van der Waals surface area contributed by atoms with Gasteiger partial charge in [0.25, 0.3) is 5.91 Å². The first-order valence-corrected chi connectivity index (χ1v) is 11.1. The number of primary amides is 1. The van der Waals surface area contributed by atoms with Gasteiger partial charge in [0, 0.05) is 0 Å². The van der Waals surface area contributed by atoms with Crippen LogP contribution < -0.4 is 16.4 Å². The van der Waals surface area contributed by atoms with Crippen LogP contribution in [-0.4, -0.2) is 46.0 Å². The van der Waals surface area contributed by atoms with Crippen LogP contribution in [0.25, 0.3) is 0 Å². The number of carbonyl (C=O) groups is 1. The molecule has 0 atom stereocenters. The van der Waals surface area contributed by atoms with Crippen LogP contribution >= 0.6 is 22.9 Å². The molecule has 5 N–H and O–H groups in total. The number of likely N-dealkylation sites (tertiary alicyclic amines) is 1. The fourth-order valence-electron chi connectivity index (χ4n) is 3.61. The van der Waals surface area contributed by atoms with Gasteiger partial charge in [0.15, 0.2) is 5.82 Å². The molecule has 162 valence electrons. The molecule has 3 heterocycles. The Morgan fingerprint density at radius 2 is 2.03 bits per heavy atom. The standard InChI is InChI=1S/C21H23ClN6O2S/c1-28-7-4-12(5-8-28)13-2-3-15(17(29)10-13)26-21-24-11-14(22)20(27-21)25-16-6-9-31-18(16)19(23)30/h2-3,6,9-12,29H,4-5,7-8H2,1H3,(H2,23,30)(H2,24,25,26,27). The summed E-state index contributed by atoms with van der Waals surface area (Å²) < 4.78 is 0. The third-order valence-corrected chi connectivity index (χ3v) is 6.55. The molecular formula is C21H23ClN6O2S. The van der Waals surface area contributed by atoms with Crippen LogP contribution in [-0.2, 0) is 0 Å². The number of anilines is 4. The number of phenols is 1. The smallest absolute Gasteiger partial charge is 0.260 e. The number of piperidine rings is 1. The van der Waals surface area contributed by atoms with Crippen molar-refractivity contribution in [2.75, 3.05) is 30.8 Å². The molecule has 1 saturated heterocycles. The van der Waals surface area contributed by atoms with E-state index in [1.54, 1.807) is 17.5 Å². The highest BCUT2D eigenvalue weighted by Crippen LogP contribution is 2.34. The average molecular weight is 459 g/mol. The van der Waals surface area contributed by atoms with Gasteiger partial charge in [0.1, 0.15) is 15.6 Å². The van der Waals surface area contributed by atoms with Crippen LogP contribution in [0.15, 0.2) is 35.8 Å². The van der Waals surface area contributed by atoms with E-state index in [2.05, 4.69) is 32.5 Å². The SMILES string of the molecule is CN1CCC(c2ccc(Nc3ncc(Cl)c(Nc4ccsc4C(N)=O)n3)c(O)c2)CC1. The zero-order valence-corrected chi connectivity index (χ0v) is 18.5. The number of halogens is 1. The lowest BCUT2D eigenvalue weighted by Gasteiger charge is -2.29. The van der Waals surface area contributed by atoms with Crippen LogP contribution in [0.1, 0.15) is 34.0 Å². The fourth-order valence-corrected chi connectivity index (χ4v) is 4.45. The minimum absolute atomic E-state index is 0.137. The van der Waals surface area contributed by atoms with Gasteiger partial charge in [-0.2, -0.15) is 4.98 Å². The van der Waals surface area contributed by atoms with Crippen LogP contribution in [0, 0.1) is 0 Å². The molecular weight excluding hydrogens is 436 g/mol. The molecule has 0 aliphatic carbocycles. The van der Waals surface area contributed by atoms with E-state index in [1.807, 2.05) is 12.1 Å². The van der Waals surface area contributed by atoms with E-state index in [0.717, 1.165) is 31.5 Å². The molecule has 0 radical (unpaired) electrons. The summed E-state index contributed by atoms with van der Waals surface area (Å²) in [5.74, 6) is 0.630. The monoisotopic (exact) mass is 458 g/mol. The second-order valence-corrected chi connectivity index (χ2v) is 8.85. The van der Waals surface area contributed by atoms with Crippen molar-refractivity contribution in [1.82, 2.24) is 14.9 Å². The second kappa shape index (κ2) is 9.09. The number of nitrogens with two attached hydrogens (primary N) is 1. The molecule has 0 unspecified atom stereocenters. The average Bonchev–Trinajstić information content (AvgIpc) is 3.21. The van der Waals surface area contributed by atoms with Gasteiger partial charge in [-0.3, -0.25) is 4.79 Å². The molecule has 4 rings (SSSR count). The molecule has 0 bridgehead atoms. The summed E-state index contributed by atoms with van der Waals surface area (Å²) in [6.07, 6.45) is 3.60. The molecule has 1 aliphatic heterocycles. The summed E-state index contributed by atoms with van der Waals surface area (Å²) in [5.41, 5.74) is 7.55. The maximum atomic E-state index is 11.5. The summed E-state index contributed by atoms with van der Waals surface area (Å²) in [6.45, 7) is 2.11. The second-order valence-electron chi connectivity index (χ2n) is 7.52. The molecule has 1 aliphatic rings. The number of thiophene rings is 1. The Morgan fingerprint density at radius 1 is 1.26 bits per heavy atom. The lowest BCUT2D eigenvalue weighted by molar-refractivity contribution is 0.100. The van der Waals surface area contributed by atoms with Crippen LogP contribution in [0.5, 0.6) is 5.75 Å². The van der Waals surface area contributed by atoms with Gasteiger partial charge in [0.05, 0.1) is 17.6 Å². The summed E-state index contributed by atoms with van der Waals surface area (Å²) in [6, 6.07) is 7.39. The van der Waals surface area contributed by atoms with Gasteiger partial charge in [-0.1, -0.05) is 17.7 Å². The van der Waals surface area contributed by atoms with Crippen molar-refractivity contribution in [2.45, 2.75) is 18.8 Å². The van der Waals surface area contributed by atoms with Crippen molar-refractivity contribution in [3.63, 3.8) is 0 Å². The third kappa shape index (κ3) is 4.90. The van der Waals surface area contributed by atoms with Gasteiger partial charge in [-0.05, 0) is 68.0 Å². The van der Waals surface area contributed by atoms with E-state index >= 15 is 0 Å². The van der Waals surface area contributed by atoms with Crippen molar-refractivity contribution in [2.24, 2.45) is 5.73 Å². The number of phenolic OH excluding ortho intramolecular Hbond substituents is 1. The molecule has 1 fully saturated rings. The van der Waals surface area contributed by atoms with Crippen molar-refractivity contribution in [3.05, 3.63) is 51.3 Å². The first-order valence-electron chi connectivity index (χ1n) is 9.86. The Labute approximate surface area is 189 Å². The van der Waals surface area contributed by atoms with E-state index in [-0.39, 0.29) is 16.7 Å². The van der Waals surface area contributed by atoms with Gasteiger partial charge in [-0.15, -0.1) is 11.3 Å². The predicted octanol–water partition coefficient (Wildman–Crippen LogP) is 4.29. The Morgan fingerprint density at radius 3 is 2.74 bits per heavy atom. The fraction of sp³-hybridized carbons (Fsp3) is 0.286. The highest BCUT2D eigenvalue weighted by molar-refractivity contribution is 7.12. The molecule has 2 aromatic heterocycles. The first kappa shape index (κ1) is 21.4. The number of hydrogen-bond acceptors (Lipinski definition) is 8. The Kier molecular flexibility index (Phi) is 6.26. The first-order chi connectivity index (χ1) is 14.9. The van der Waals surface area contributed by atoms with Gasteiger partial charge in [-0.25, -0.2) is 4.98 Å². The van der Waals surface area contributed by atoms with Crippen molar-refractivity contribution >= 4 is 52.0 Å². The molecule has 3 aromatic rings. The topological polar surface area (TPSA) is 116 Å². The number of aromatic nitrogens is 2. The predicted molar refractivity (Wildman–Crippen MR) is 124 cm³/mol. The lowest BCUT2D eigenvalue weighted by atomic mass is 9.89. The maximum absolute atomic E-state index is 11.5. The Balaban J connectivity index is 1.51. The highest BCUT2D eigenvalue weighted by atomic mass is 35.5. The van der Waals surface area contributed by atoms with Crippen LogP contribution in [0.3, 0.4) is 0 Å². The molecule has 8 nitrogen and oxygen atoms in total. The number of aromatic hydroxyl groups is 1. The van der Waals surface area contributed by atoms with E-state index in [0.29, 0.717) is 28.0 Å².